The predicted octanol–water partition coefficient (Wildman–Crippen LogP) is 2.18. The van der Waals surface area contributed by atoms with Gasteiger partial charge in [-0.2, -0.15) is 5.26 Å². The number of rotatable bonds is 3. The second kappa shape index (κ2) is 7.87. The molecular weight excluding hydrogens is 361 g/mol. The number of carbonyl (C=O) groups is 1. The molecular formula is C21H20FN3O3. The molecule has 1 atom stereocenters. The zero-order chi connectivity index (χ0) is 19.5. The molecule has 0 aromatic heterocycles. The van der Waals surface area contributed by atoms with E-state index in [4.69, 9.17) is 14.7 Å². The maximum absolute atomic E-state index is 14.1. The summed E-state index contributed by atoms with van der Waals surface area (Å²) in [5, 5.41) is 8.83. The largest absolute Gasteiger partial charge is 0.485 e. The van der Waals surface area contributed by atoms with Gasteiger partial charge in [0.1, 0.15) is 12.4 Å². The van der Waals surface area contributed by atoms with Crippen LogP contribution in [0.5, 0.6) is 11.5 Å². The van der Waals surface area contributed by atoms with Gasteiger partial charge in [0.2, 0.25) is 6.10 Å². The molecule has 0 bridgehead atoms. The number of piperazine rings is 1. The monoisotopic (exact) mass is 381 g/mol. The summed E-state index contributed by atoms with van der Waals surface area (Å²) in [6.07, 6.45) is -0.641. The summed E-state index contributed by atoms with van der Waals surface area (Å²) >= 11 is 0. The minimum absolute atomic E-state index is 0.0845. The van der Waals surface area contributed by atoms with Crippen LogP contribution < -0.4 is 9.47 Å². The SMILES string of the molecule is N#Cc1ccc(CN2CCN(C(=O)[C@@H]3COc4ccccc4O3)CC2)c(F)c1. The van der Waals surface area contributed by atoms with Gasteiger partial charge in [-0.15, -0.1) is 0 Å². The van der Waals surface area contributed by atoms with Gasteiger partial charge in [-0.3, -0.25) is 9.69 Å². The van der Waals surface area contributed by atoms with E-state index in [0.717, 1.165) is 0 Å². The zero-order valence-corrected chi connectivity index (χ0v) is 15.3. The van der Waals surface area contributed by atoms with E-state index < -0.39 is 6.10 Å². The van der Waals surface area contributed by atoms with Crippen LogP contribution >= 0.6 is 0 Å². The van der Waals surface area contributed by atoms with Gasteiger partial charge in [0.05, 0.1) is 11.6 Å². The molecule has 28 heavy (non-hydrogen) atoms. The van der Waals surface area contributed by atoms with Crippen LogP contribution in [0.15, 0.2) is 42.5 Å². The maximum atomic E-state index is 14.1. The fourth-order valence-corrected chi connectivity index (χ4v) is 3.46. The second-order valence-corrected chi connectivity index (χ2v) is 6.88. The number of halogens is 1. The Labute approximate surface area is 162 Å². The van der Waals surface area contributed by atoms with Gasteiger partial charge in [0.15, 0.2) is 11.5 Å². The fraction of sp³-hybridized carbons (Fsp3) is 0.333. The minimum atomic E-state index is -0.641. The molecule has 1 fully saturated rings. The van der Waals surface area contributed by atoms with E-state index in [9.17, 15) is 9.18 Å². The molecule has 0 aliphatic carbocycles. The average molecular weight is 381 g/mol. The summed E-state index contributed by atoms with van der Waals surface area (Å²) in [6, 6.07) is 13.8. The molecule has 7 heteroatoms. The Morgan fingerprint density at radius 3 is 2.61 bits per heavy atom. The lowest BCUT2D eigenvalue weighted by Gasteiger charge is -2.37. The molecule has 0 saturated carbocycles. The Morgan fingerprint density at radius 1 is 1.14 bits per heavy atom. The molecule has 0 spiro atoms. The molecule has 0 N–H and O–H groups in total. The zero-order valence-electron chi connectivity index (χ0n) is 15.3. The number of amides is 1. The summed E-state index contributed by atoms with van der Waals surface area (Å²) in [4.78, 5) is 16.6. The highest BCUT2D eigenvalue weighted by atomic mass is 19.1. The van der Waals surface area contributed by atoms with Crippen LogP contribution in [-0.4, -0.2) is 54.6 Å². The van der Waals surface area contributed by atoms with E-state index in [2.05, 4.69) is 4.90 Å². The molecule has 0 unspecified atom stereocenters. The summed E-state index contributed by atoms with van der Waals surface area (Å²) in [5.41, 5.74) is 0.868. The van der Waals surface area contributed by atoms with Gasteiger partial charge in [-0.05, 0) is 24.3 Å². The first-order valence-electron chi connectivity index (χ1n) is 9.22. The predicted molar refractivity (Wildman–Crippen MR) is 99.3 cm³/mol. The highest BCUT2D eigenvalue weighted by Crippen LogP contribution is 2.31. The van der Waals surface area contributed by atoms with E-state index in [0.29, 0.717) is 55.3 Å². The van der Waals surface area contributed by atoms with Crippen LogP contribution in [-0.2, 0) is 11.3 Å². The van der Waals surface area contributed by atoms with Gasteiger partial charge >= 0.3 is 0 Å². The van der Waals surface area contributed by atoms with Gasteiger partial charge in [0.25, 0.3) is 5.91 Å². The number of ether oxygens (including phenoxy) is 2. The number of fused-ring (bicyclic) bond motifs is 1. The Hall–Kier alpha value is -3.11. The second-order valence-electron chi connectivity index (χ2n) is 6.88. The maximum Gasteiger partial charge on any atom is 0.267 e. The minimum Gasteiger partial charge on any atom is -0.485 e. The number of hydrogen-bond donors (Lipinski definition) is 0. The average Bonchev–Trinajstić information content (AvgIpc) is 2.75. The van der Waals surface area contributed by atoms with Crippen molar-refractivity contribution in [2.45, 2.75) is 12.6 Å². The van der Waals surface area contributed by atoms with E-state index in [-0.39, 0.29) is 18.3 Å². The lowest BCUT2D eigenvalue weighted by molar-refractivity contribution is -0.143. The number of para-hydroxylation sites is 2. The first-order chi connectivity index (χ1) is 13.6. The molecule has 4 rings (SSSR count). The van der Waals surface area contributed by atoms with Crippen molar-refractivity contribution in [2.24, 2.45) is 0 Å². The highest BCUT2D eigenvalue weighted by molar-refractivity contribution is 5.82. The molecule has 6 nitrogen and oxygen atoms in total. The molecule has 144 valence electrons. The summed E-state index contributed by atoms with van der Waals surface area (Å²) in [7, 11) is 0. The van der Waals surface area contributed by atoms with E-state index >= 15 is 0 Å². The Bertz CT molecular complexity index is 919. The summed E-state index contributed by atoms with van der Waals surface area (Å²) in [6.45, 7) is 3.06. The van der Waals surface area contributed by atoms with Crippen LogP contribution in [0.4, 0.5) is 4.39 Å². The normalized spacial score (nSPS) is 19.1. The van der Waals surface area contributed by atoms with Gasteiger partial charge in [-0.25, -0.2) is 4.39 Å². The Balaban J connectivity index is 1.32. The first kappa shape index (κ1) is 18.3. The van der Waals surface area contributed by atoms with Gasteiger partial charge in [-0.1, -0.05) is 18.2 Å². The van der Waals surface area contributed by atoms with E-state index in [1.807, 2.05) is 24.3 Å². The Morgan fingerprint density at radius 2 is 1.89 bits per heavy atom. The van der Waals surface area contributed by atoms with Crippen molar-refractivity contribution in [3.05, 3.63) is 59.4 Å². The Kier molecular flexibility index (Phi) is 5.13. The van der Waals surface area contributed by atoms with Crippen molar-refractivity contribution in [2.75, 3.05) is 32.8 Å². The van der Waals surface area contributed by atoms with Crippen molar-refractivity contribution >= 4 is 5.91 Å². The molecule has 2 heterocycles. The molecule has 2 aliphatic heterocycles. The summed E-state index contributed by atoms with van der Waals surface area (Å²) < 4.78 is 25.5. The highest BCUT2D eigenvalue weighted by Gasteiger charge is 2.32. The molecule has 2 aromatic rings. The van der Waals surface area contributed by atoms with Crippen molar-refractivity contribution in [1.29, 1.82) is 5.26 Å². The van der Waals surface area contributed by atoms with Gasteiger partial charge < -0.3 is 14.4 Å². The van der Waals surface area contributed by atoms with Crippen LogP contribution in [0, 0.1) is 17.1 Å². The third kappa shape index (κ3) is 3.78. The van der Waals surface area contributed by atoms with E-state index in [1.165, 1.54) is 6.07 Å². The molecule has 1 amide bonds. The number of benzene rings is 2. The molecule has 2 aromatic carbocycles. The number of nitriles is 1. The lowest BCUT2D eigenvalue weighted by atomic mass is 10.1. The molecule has 0 radical (unpaired) electrons. The third-order valence-corrected chi connectivity index (χ3v) is 5.04. The first-order valence-corrected chi connectivity index (χ1v) is 9.22. The van der Waals surface area contributed by atoms with Crippen LogP contribution in [0.25, 0.3) is 0 Å². The van der Waals surface area contributed by atoms with Crippen molar-refractivity contribution < 1.29 is 18.7 Å². The smallest absolute Gasteiger partial charge is 0.267 e. The third-order valence-electron chi connectivity index (χ3n) is 5.04. The summed E-state index contributed by atoms with van der Waals surface area (Å²) in [5.74, 6) is 0.783. The van der Waals surface area contributed by atoms with Crippen molar-refractivity contribution in [3.8, 4) is 17.6 Å². The van der Waals surface area contributed by atoms with E-state index in [1.54, 1.807) is 23.1 Å². The fourth-order valence-electron chi connectivity index (χ4n) is 3.46. The van der Waals surface area contributed by atoms with Crippen LogP contribution in [0.3, 0.4) is 0 Å². The van der Waals surface area contributed by atoms with Crippen molar-refractivity contribution in [3.63, 3.8) is 0 Å². The topological polar surface area (TPSA) is 65.8 Å². The quantitative estimate of drug-likeness (QED) is 0.815. The number of nitrogens with zero attached hydrogens (tertiary/aromatic N) is 3. The standard InChI is InChI=1S/C21H20FN3O3/c22-17-11-15(12-23)5-6-16(17)13-24-7-9-25(10-8-24)21(26)20-14-27-18-3-1-2-4-19(18)28-20/h1-6,11,20H,7-10,13-14H2/t20-/m0/s1. The molecule has 1 saturated heterocycles. The number of hydrogen-bond acceptors (Lipinski definition) is 5. The van der Waals surface area contributed by atoms with Gasteiger partial charge in [0, 0.05) is 38.3 Å². The number of carbonyl (C=O) groups excluding carboxylic acids is 1. The lowest BCUT2D eigenvalue weighted by Crippen LogP contribution is -2.53. The van der Waals surface area contributed by atoms with Crippen LogP contribution in [0.1, 0.15) is 11.1 Å². The van der Waals surface area contributed by atoms with Crippen LogP contribution in [0.2, 0.25) is 0 Å². The van der Waals surface area contributed by atoms with Crippen molar-refractivity contribution in [1.82, 2.24) is 9.80 Å². The molecule has 2 aliphatic rings.